The van der Waals surface area contributed by atoms with Gasteiger partial charge >= 0.3 is 0 Å². The Morgan fingerprint density at radius 3 is 2.67 bits per heavy atom. The molecule has 0 amide bonds. The molecule has 120 valence electrons. The first-order chi connectivity index (χ1) is 10.0. The minimum absolute atomic E-state index is 0.193. The van der Waals surface area contributed by atoms with Crippen LogP contribution in [0, 0.1) is 5.92 Å². The molecule has 0 saturated carbocycles. The molecule has 2 atom stereocenters. The molecule has 4 nitrogen and oxygen atoms in total. The Balaban J connectivity index is 2.19. The Hall–Kier alpha value is -1.10. The van der Waals surface area contributed by atoms with Crippen LogP contribution >= 0.6 is 0 Å². The van der Waals surface area contributed by atoms with Crippen molar-refractivity contribution in [1.82, 2.24) is 5.32 Å². The van der Waals surface area contributed by atoms with Crippen molar-refractivity contribution in [3.8, 4) is 5.75 Å². The minimum Gasteiger partial charge on any atom is -0.497 e. The van der Waals surface area contributed by atoms with Crippen LogP contribution in [-0.4, -0.2) is 37.6 Å². The van der Waals surface area contributed by atoms with E-state index in [0.717, 1.165) is 17.7 Å². The fraction of sp³-hybridized carbons (Fsp3) is 0.647. The lowest BCUT2D eigenvalue weighted by Gasteiger charge is -2.18. The average molecular weight is 295 g/mol. The summed E-state index contributed by atoms with van der Waals surface area (Å²) in [5.41, 5.74) is 1.13. The zero-order valence-corrected chi connectivity index (χ0v) is 13.6. The smallest absolute Gasteiger partial charge is 0.119 e. The van der Waals surface area contributed by atoms with Gasteiger partial charge in [0, 0.05) is 13.1 Å². The summed E-state index contributed by atoms with van der Waals surface area (Å²) in [4.78, 5) is 0. The van der Waals surface area contributed by atoms with E-state index in [1.54, 1.807) is 7.11 Å². The zero-order valence-electron chi connectivity index (χ0n) is 13.6. The molecule has 0 bridgehead atoms. The predicted molar refractivity (Wildman–Crippen MR) is 85.6 cm³/mol. The van der Waals surface area contributed by atoms with Gasteiger partial charge < -0.3 is 19.9 Å². The number of rotatable bonds is 10. The van der Waals surface area contributed by atoms with Crippen LogP contribution in [-0.2, 0) is 11.3 Å². The predicted octanol–water partition coefficient (Wildman–Crippen LogP) is 2.60. The first-order valence-electron chi connectivity index (χ1n) is 7.64. The van der Waals surface area contributed by atoms with Crippen LogP contribution in [0.2, 0.25) is 0 Å². The van der Waals surface area contributed by atoms with Gasteiger partial charge in [-0.1, -0.05) is 26.0 Å². The molecule has 2 N–H and O–H groups in total. The van der Waals surface area contributed by atoms with Crippen molar-refractivity contribution >= 4 is 0 Å². The molecule has 0 aliphatic carbocycles. The van der Waals surface area contributed by atoms with Crippen LogP contribution < -0.4 is 10.1 Å². The maximum absolute atomic E-state index is 9.90. The third kappa shape index (κ3) is 8.05. The molecule has 1 rings (SSSR count). The molecular formula is C17H29NO3. The Kier molecular flexibility index (Phi) is 8.35. The molecule has 0 aliphatic rings. The number of methoxy groups -OCH3 is 1. The van der Waals surface area contributed by atoms with Crippen molar-refractivity contribution < 1.29 is 14.6 Å². The van der Waals surface area contributed by atoms with E-state index < -0.39 is 6.10 Å². The molecule has 21 heavy (non-hydrogen) atoms. The highest BCUT2D eigenvalue weighted by atomic mass is 16.5. The third-order valence-electron chi connectivity index (χ3n) is 3.22. The highest BCUT2D eigenvalue weighted by Gasteiger charge is 2.09. The number of hydrogen-bond donors (Lipinski definition) is 2. The fourth-order valence-corrected chi connectivity index (χ4v) is 2.23. The van der Waals surface area contributed by atoms with Gasteiger partial charge in [-0.15, -0.1) is 0 Å². The third-order valence-corrected chi connectivity index (χ3v) is 3.22. The fourth-order valence-electron chi connectivity index (χ4n) is 2.23. The van der Waals surface area contributed by atoms with E-state index >= 15 is 0 Å². The number of nitrogens with one attached hydrogen (secondary N) is 1. The van der Waals surface area contributed by atoms with Gasteiger partial charge in [-0.05, 0) is 37.0 Å². The van der Waals surface area contributed by atoms with Crippen LogP contribution in [0.3, 0.4) is 0 Å². The number of benzene rings is 1. The van der Waals surface area contributed by atoms with Crippen molar-refractivity contribution in [3.63, 3.8) is 0 Å². The van der Waals surface area contributed by atoms with Gasteiger partial charge in [-0.3, -0.25) is 0 Å². The molecule has 0 radical (unpaired) electrons. The maximum atomic E-state index is 9.90. The van der Waals surface area contributed by atoms with E-state index in [9.17, 15) is 5.11 Å². The molecule has 1 aromatic carbocycles. The first-order valence-corrected chi connectivity index (χ1v) is 7.64. The molecule has 4 heteroatoms. The van der Waals surface area contributed by atoms with E-state index in [-0.39, 0.29) is 6.10 Å². The Labute approximate surface area is 128 Å². The van der Waals surface area contributed by atoms with E-state index in [2.05, 4.69) is 26.1 Å². The Morgan fingerprint density at radius 1 is 1.24 bits per heavy atom. The van der Waals surface area contributed by atoms with Crippen molar-refractivity contribution in [2.24, 2.45) is 5.92 Å². The zero-order chi connectivity index (χ0) is 15.7. The van der Waals surface area contributed by atoms with E-state index in [4.69, 9.17) is 9.47 Å². The van der Waals surface area contributed by atoms with Crippen molar-refractivity contribution in [1.29, 1.82) is 0 Å². The summed E-state index contributed by atoms with van der Waals surface area (Å²) in [6.07, 6.45) is 0.729. The highest BCUT2D eigenvalue weighted by Crippen LogP contribution is 2.12. The molecule has 0 saturated heterocycles. The van der Waals surface area contributed by atoms with E-state index in [1.807, 2.05) is 24.3 Å². The number of aliphatic hydroxyl groups is 1. The van der Waals surface area contributed by atoms with Crippen molar-refractivity contribution in [2.75, 3.05) is 20.3 Å². The average Bonchev–Trinajstić information content (AvgIpc) is 2.44. The normalized spacial score (nSPS) is 14.2. The van der Waals surface area contributed by atoms with Gasteiger partial charge in [0.05, 0.1) is 25.9 Å². The summed E-state index contributed by atoms with van der Waals surface area (Å²) >= 11 is 0. The molecular weight excluding hydrogens is 266 g/mol. The summed E-state index contributed by atoms with van der Waals surface area (Å²) in [7, 11) is 1.66. The number of aliphatic hydroxyl groups excluding tert-OH is 1. The second-order valence-corrected chi connectivity index (χ2v) is 5.91. The van der Waals surface area contributed by atoms with Crippen LogP contribution in [0.25, 0.3) is 0 Å². The van der Waals surface area contributed by atoms with Gasteiger partial charge in [-0.2, -0.15) is 0 Å². The van der Waals surface area contributed by atoms with Crippen LogP contribution in [0.5, 0.6) is 5.75 Å². The van der Waals surface area contributed by atoms with Crippen molar-refractivity contribution in [3.05, 3.63) is 29.8 Å². The summed E-state index contributed by atoms with van der Waals surface area (Å²) in [6, 6.07) is 7.90. The topological polar surface area (TPSA) is 50.7 Å². The standard InChI is InChI=1S/C17H29NO3/c1-13(2)8-14(3)21-12-16(19)11-18-10-15-6-5-7-17(9-15)20-4/h5-7,9,13-14,16,18-19H,8,10-12H2,1-4H3. The second kappa shape index (κ2) is 9.77. The first kappa shape index (κ1) is 18.0. The van der Waals surface area contributed by atoms with Gasteiger partial charge in [-0.25, -0.2) is 0 Å². The van der Waals surface area contributed by atoms with Gasteiger partial charge in [0.25, 0.3) is 0 Å². The molecule has 0 fully saturated rings. The second-order valence-electron chi connectivity index (χ2n) is 5.91. The lowest BCUT2D eigenvalue weighted by atomic mass is 10.1. The maximum Gasteiger partial charge on any atom is 0.119 e. The molecule has 2 unspecified atom stereocenters. The molecule has 0 heterocycles. The quantitative estimate of drug-likeness (QED) is 0.696. The summed E-state index contributed by atoms with van der Waals surface area (Å²) in [6.45, 7) is 7.99. The minimum atomic E-state index is -0.481. The van der Waals surface area contributed by atoms with Crippen molar-refractivity contribution in [2.45, 2.75) is 45.9 Å². The van der Waals surface area contributed by atoms with E-state index in [0.29, 0.717) is 25.6 Å². The Morgan fingerprint density at radius 2 is 2.00 bits per heavy atom. The molecule has 0 aliphatic heterocycles. The summed E-state index contributed by atoms with van der Waals surface area (Å²) in [5, 5.41) is 13.1. The number of ether oxygens (including phenoxy) is 2. The van der Waals surface area contributed by atoms with Crippen LogP contribution in [0.15, 0.2) is 24.3 Å². The summed E-state index contributed by atoms with van der Waals surface area (Å²) in [5.74, 6) is 1.46. The van der Waals surface area contributed by atoms with Gasteiger partial charge in [0.1, 0.15) is 5.75 Å². The monoisotopic (exact) mass is 295 g/mol. The molecule has 0 spiro atoms. The summed E-state index contributed by atoms with van der Waals surface area (Å²) < 4.78 is 10.8. The van der Waals surface area contributed by atoms with E-state index in [1.165, 1.54) is 0 Å². The molecule has 1 aromatic rings. The largest absolute Gasteiger partial charge is 0.497 e. The van der Waals surface area contributed by atoms with Gasteiger partial charge in [0.2, 0.25) is 0 Å². The lowest BCUT2D eigenvalue weighted by molar-refractivity contribution is -0.00857. The lowest BCUT2D eigenvalue weighted by Crippen LogP contribution is -2.31. The van der Waals surface area contributed by atoms with Gasteiger partial charge in [0.15, 0.2) is 0 Å². The Bertz CT molecular complexity index is 395. The van der Waals surface area contributed by atoms with Crippen LogP contribution in [0.4, 0.5) is 0 Å². The number of hydrogen-bond acceptors (Lipinski definition) is 4. The SMILES string of the molecule is COc1cccc(CNCC(O)COC(C)CC(C)C)c1. The highest BCUT2D eigenvalue weighted by molar-refractivity contribution is 5.28. The van der Waals surface area contributed by atoms with Crippen LogP contribution in [0.1, 0.15) is 32.8 Å². The molecule has 0 aromatic heterocycles.